The zero-order valence-corrected chi connectivity index (χ0v) is 17.0. The van der Waals surface area contributed by atoms with Crippen LogP contribution >= 0.6 is 11.6 Å². The summed E-state index contributed by atoms with van der Waals surface area (Å²) in [6.07, 6.45) is 1.96. The fraction of sp³-hybridized carbons (Fsp3) is 0.304. The number of hydrogen-bond donors (Lipinski definition) is 1. The molecule has 1 N–H and O–H groups in total. The van der Waals surface area contributed by atoms with E-state index in [1.165, 1.54) is 0 Å². The van der Waals surface area contributed by atoms with Gasteiger partial charge < -0.3 is 14.6 Å². The highest BCUT2D eigenvalue weighted by atomic mass is 35.5. The smallest absolute Gasteiger partial charge is 0.307 e. The SMILES string of the molecule is CN(C(=O)Cc1ccc(Cl)cc1)[C@@H]1CCc2c(CC(=O)O)c3ccccc3n2C1. The van der Waals surface area contributed by atoms with E-state index >= 15 is 0 Å². The molecule has 4 rings (SSSR count). The Bertz CT molecular complexity index is 1070. The zero-order valence-electron chi connectivity index (χ0n) is 16.3. The Hall–Kier alpha value is -2.79. The van der Waals surface area contributed by atoms with Crippen molar-refractivity contribution in [1.29, 1.82) is 0 Å². The summed E-state index contributed by atoms with van der Waals surface area (Å²) in [7, 11) is 1.86. The number of para-hydroxylation sites is 1. The summed E-state index contributed by atoms with van der Waals surface area (Å²) in [5.41, 5.74) is 3.98. The molecule has 1 amide bonds. The van der Waals surface area contributed by atoms with Gasteiger partial charge in [-0.2, -0.15) is 0 Å². The third-order valence-electron chi connectivity index (χ3n) is 5.84. The first-order valence-electron chi connectivity index (χ1n) is 9.75. The number of amides is 1. The summed E-state index contributed by atoms with van der Waals surface area (Å²) in [5, 5.41) is 11.0. The lowest BCUT2D eigenvalue weighted by Gasteiger charge is -2.33. The van der Waals surface area contributed by atoms with E-state index in [0.717, 1.165) is 40.6 Å². The topological polar surface area (TPSA) is 62.5 Å². The van der Waals surface area contributed by atoms with Gasteiger partial charge in [0.1, 0.15) is 0 Å². The molecule has 2 aromatic carbocycles. The number of benzene rings is 2. The fourth-order valence-electron chi connectivity index (χ4n) is 4.30. The minimum Gasteiger partial charge on any atom is -0.481 e. The highest BCUT2D eigenvalue weighted by molar-refractivity contribution is 6.30. The molecule has 29 heavy (non-hydrogen) atoms. The number of likely N-dealkylation sites (N-methyl/N-ethyl adjacent to an activating group) is 1. The normalized spacial score (nSPS) is 15.9. The molecular weight excluding hydrogens is 388 g/mol. The van der Waals surface area contributed by atoms with E-state index in [2.05, 4.69) is 4.57 Å². The molecule has 0 bridgehead atoms. The number of halogens is 1. The summed E-state index contributed by atoms with van der Waals surface area (Å²) in [4.78, 5) is 26.0. The van der Waals surface area contributed by atoms with Crippen molar-refractivity contribution in [3.63, 3.8) is 0 Å². The van der Waals surface area contributed by atoms with Crippen molar-refractivity contribution in [2.75, 3.05) is 7.05 Å². The summed E-state index contributed by atoms with van der Waals surface area (Å²) in [6.45, 7) is 0.679. The summed E-state index contributed by atoms with van der Waals surface area (Å²) in [5.74, 6) is -0.746. The Kier molecular flexibility index (Phi) is 5.33. The van der Waals surface area contributed by atoms with Gasteiger partial charge in [0.2, 0.25) is 5.91 Å². The second-order valence-electron chi connectivity index (χ2n) is 7.62. The Labute approximate surface area is 174 Å². The minimum absolute atomic E-state index is 0.0266. The van der Waals surface area contributed by atoms with Gasteiger partial charge >= 0.3 is 5.97 Å². The maximum Gasteiger partial charge on any atom is 0.307 e. The Morgan fingerprint density at radius 2 is 1.86 bits per heavy atom. The number of carbonyl (C=O) groups excluding carboxylic acids is 1. The zero-order chi connectivity index (χ0) is 20.5. The average Bonchev–Trinajstić information content (AvgIpc) is 3.02. The van der Waals surface area contributed by atoms with E-state index in [4.69, 9.17) is 11.6 Å². The van der Waals surface area contributed by atoms with Crippen LogP contribution in [0.15, 0.2) is 48.5 Å². The van der Waals surface area contributed by atoms with E-state index in [1.54, 1.807) is 12.1 Å². The second-order valence-corrected chi connectivity index (χ2v) is 8.06. The largest absolute Gasteiger partial charge is 0.481 e. The summed E-state index contributed by atoms with van der Waals surface area (Å²) in [6, 6.07) is 15.4. The number of hydrogen-bond acceptors (Lipinski definition) is 2. The van der Waals surface area contributed by atoms with Crippen LogP contribution in [0.25, 0.3) is 10.9 Å². The van der Waals surface area contributed by atoms with Crippen molar-refractivity contribution in [2.24, 2.45) is 0 Å². The summed E-state index contributed by atoms with van der Waals surface area (Å²) < 4.78 is 2.20. The predicted octanol–water partition coefficient (Wildman–Crippen LogP) is 3.94. The van der Waals surface area contributed by atoms with E-state index in [0.29, 0.717) is 18.0 Å². The molecular formula is C23H23ClN2O3. The molecule has 0 saturated carbocycles. The van der Waals surface area contributed by atoms with Gasteiger partial charge in [-0.1, -0.05) is 41.9 Å². The third kappa shape index (κ3) is 3.87. The number of aliphatic carboxylic acids is 1. The maximum atomic E-state index is 12.8. The van der Waals surface area contributed by atoms with Crippen LogP contribution < -0.4 is 0 Å². The number of carbonyl (C=O) groups is 2. The van der Waals surface area contributed by atoms with Crippen molar-refractivity contribution in [1.82, 2.24) is 9.47 Å². The quantitative estimate of drug-likeness (QED) is 0.693. The van der Waals surface area contributed by atoms with Gasteiger partial charge in [0, 0.05) is 41.3 Å². The molecule has 0 fully saturated rings. The fourth-order valence-corrected chi connectivity index (χ4v) is 4.42. The van der Waals surface area contributed by atoms with E-state index in [-0.39, 0.29) is 18.4 Å². The molecule has 1 atom stereocenters. The van der Waals surface area contributed by atoms with Crippen LogP contribution in [-0.4, -0.2) is 39.5 Å². The second kappa shape index (κ2) is 7.91. The standard InChI is InChI=1S/C23H23ClN2O3/c1-25(22(27)12-15-6-8-16(24)9-7-15)17-10-11-21-19(13-23(28)29)18-4-2-3-5-20(18)26(21)14-17/h2-9,17H,10-14H2,1H3,(H,28,29)/t17-/m1/s1. The molecule has 0 radical (unpaired) electrons. The lowest BCUT2D eigenvalue weighted by Crippen LogP contribution is -2.43. The number of nitrogens with zero attached hydrogens (tertiary/aromatic N) is 2. The first kappa shape index (κ1) is 19.5. The molecule has 0 spiro atoms. The monoisotopic (exact) mass is 410 g/mol. The molecule has 1 aliphatic heterocycles. The van der Waals surface area contributed by atoms with E-state index in [1.807, 2.05) is 48.3 Å². The van der Waals surface area contributed by atoms with Crippen LogP contribution in [0.4, 0.5) is 0 Å². The average molecular weight is 411 g/mol. The van der Waals surface area contributed by atoms with Gasteiger partial charge in [0.15, 0.2) is 0 Å². The van der Waals surface area contributed by atoms with Crippen LogP contribution in [0.2, 0.25) is 5.02 Å². The number of carboxylic acids is 1. The number of fused-ring (bicyclic) bond motifs is 3. The number of aromatic nitrogens is 1. The molecule has 3 aromatic rings. The Balaban J connectivity index is 1.57. The van der Waals surface area contributed by atoms with Gasteiger partial charge in [-0.15, -0.1) is 0 Å². The van der Waals surface area contributed by atoms with Gasteiger partial charge in [-0.3, -0.25) is 9.59 Å². The van der Waals surface area contributed by atoms with Crippen molar-refractivity contribution in [3.8, 4) is 0 Å². The van der Waals surface area contributed by atoms with Crippen molar-refractivity contribution in [2.45, 2.75) is 38.3 Å². The van der Waals surface area contributed by atoms with Crippen LogP contribution in [0.1, 0.15) is 23.2 Å². The highest BCUT2D eigenvalue weighted by Gasteiger charge is 2.29. The number of rotatable bonds is 5. The van der Waals surface area contributed by atoms with Crippen LogP contribution in [0.5, 0.6) is 0 Å². The predicted molar refractivity (Wildman–Crippen MR) is 113 cm³/mol. The lowest BCUT2D eigenvalue weighted by molar-refractivity contribution is -0.136. The molecule has 1 aliphatic rings. The molecule has 5 nitrogen and oxygen atoms in total. The first-order valence-corrected chi connectivity index (χ1v) is 10.1. The molecule has 0 saturated heterocycles. The van der Waals surface area contributed by atoms with Gasteiger partial charge in [0.05, 0.1) is 12.8 Å². The van der Waals surface area contributed by atoms with Gasteiger partial charge in [-0.05, 0) is 42.2 Å². The maximum absolute atomic E-state index is 12.8. The number of carboxylic acid groups (broad SMARTS) is 1. The van der Waals surface area contributed by atoms with E-state index < -0.39 is 5.97 Å². The van der Waals surface area contributed by atoms with Gasteiger partial charge in [0.25, 0.3) is 0 Å². The Morgan fingerprint density at radius 1 is 1.14 bits per heavy atom. The molecule has 150 valence electrons. The molecule has 1 aromatic heterocycles. The molecule has 0 unspecified atom stereocenters. The Morgan fingerprint density at radius 3 is 2.59 bits per heavy atom. The highest BCUT2D eigenvalue weighted by Crippen LogP contribution is 2.32. The minimum atomic E-state index is -0.818. The summed E-state index contributed by atoms with van der Waals surface area (Å²) >= 11 is 5.93. The van der Waals surface area contributed by atoms with Crippen molar-refractivity contribution >= 4 is 34.4 Å². The van der Waals surface area contributed by atoms with Crippen molar-refractivity contribution < 1.29 is 14.7 Å². The van der Waals surface area contributed by atoms with Crippen LogP contribution in [-0.2, 0) is 35.4 Å². The van der Waals surface area contributed by atoms with Crippen LogP contribution in [0, 0.1) is 0 Å². The van der Waals surface area contributed by atoms with Gasteiger partial charge in [-0.25, -0.2) is 0 Å². The van der Waals surface area contributed by atoms with Crippen molar-refractivity contribution in [3.05, 3.63) is 70.4 Å². The molecule has 0 aliphatic carbocycles. The molecule has 6 heteroatoms. The molecule has 2 heterocycles. The lowest BCUT2D eigenvalue weighted by atomic mass is 9.99. The van der Waals surface area contributed by atoms with E-state index in [9.17, 15) is 14.7 Å². The van der Waals surface area contributed by atoms with Crippen LogP contribution in [0.3, 0.4) is 0 Å². The third-order valence-corrected chi connectivity index (χ3v) is 6.09. The first-order chi connectivity index (χ1) is 13.9.